The smallest absolute Gasteiger partial charge is 0.259 e. The van der Waals surface area contributed by atoms with Gasteiger partial charge in [-0.2, -0.15) is 0 Å². The monoisotopic (exact) mass is 382 g/mol. The van der Waals surface area contributed by atoms with Crippen molar-refractivity contribution in [1.29, 1.82) is 0 Å². The van der Waals surface area contributed by atoms with Crippen LogP contribution in [0.4, 0.5) is 0 Å². The molecule has 0 fully saturated rings. The maximum absolute atomic E-state index is 12.3. The number of hydrogen-bond acceptors (Lipinski definition) is 4. The Hall–Kier alpha value is -2.77. The van der Waals surface area contributed by atoms with Gasteiger partial charge in [-0.3, -0.25) is 14.6 Å². The van der Waals surface area contributed by atoms with E-state index in [0.717, 1.165) is 19.5 Å². The maximum atomic E-state index is 12.3. The van der Waals surface area contributed by atoms with E-state index in [4.69, 9.17) is 12.2 Å². The van der Waals surface area contributed by atoms with Gasteiger partial charge >= 0.3 is 0 Å². The number of benzene rings is 2. The van der Waals surface area contributed by atoms with Crippen molar-refractivity contribution in [3.63, 3.8) is 0 Å². The van der Waals surface area contributed by atoms with Gasteiger partial charge in [0, 0.05) is 18.7 Å². The lowest BCUT2D eigenvalue weighted by Crippen LogP contribution is -2.28. The van der Waals surface area contributed by atoms with Crippen LogP contribution in [0.15, 0.2) is 53.3 Å². The van der Waals surface area contributed by atoms with E-state index >= 15 is 0 Å². The molecule has 1 heterocycles. The van der Waals surface area contributed by atoms with Gasteiger partial charge in [-0.1, -0.05) is 30.3 Å². The fourth-order valence-corrected chi connectivity index (χ4v) is 3.14. The summed E-state index contributed by atoms with van der Waals surface area (Å²) >= 11 is 4.98. The average molecular weight is 382 g/mol. The van der Waals surface area contributed by atoms with Crippen LogP contribution in [-0.4, -0.2) is 40.9 Å². The number of rotatable bonds is 7. The van der Waals surface area contributed by atoms with E-state index in [0.29, 0.717) is 23.0 Å². The number of nitrogens with zero attached hydrogens (tertiary/aromatic N) is 1. The number of aromatic nitrogens is 2. The van der Waals surface area contributed by atoms with Crippen LogP contribution in [0, 0.1) is 4.77 Å². The molecule has 0 bridgehead atoms. The quantitative estimate of drug-likeness (QED) is 0.434. The van der Waals surface area contributed by atoms with Gasteiger partial charge in [0.05, 0.1) is 10.9 Å². The molecule has 0 saturated heterocycles. The number of carbonyl (C=O) groups excluding carboxylic acids is 1. The first-order valence-corrected chi connectivity index (χ1v) is 9.21. The second kappa shape index (κ2) is 8.75. The highest BCUT2D eigenvalue weighted by Crippen LogP contribution is 2.10. The summed E-state index contributed by atoms with van der Waals surface area (Å²) in [4.78, 5) is 31.8. The fraction of sp³-hybridized carbons (Fsp3) is 0.250. The van der Waals surface area contributed by atoms with Crippen LogP contribution in [0.25, 0.3) is 10.9 Å². The molecule has 2 aromatic carbocycles. The third kappa shape index (κ3) is 5.12. The molecule has 0 aliphatic rings. The van der Waals surface area contributed by atoms with E-state index < -0.39 is 0 Å². The van der Waals surface area contributed by atoms with E-state index in [1.807, 2.05) is 18.2 Å². The Morgan fingerprint density at radius 1 is 1.15 bits per heavy atom. The van der Waals surface area contributed by atoms with E-state index in [-0.39, 0.29) is 16.2 Å². The zero-order valence-corrected chi connectivity index (χ0v) is 15.9. The Morgan fingerprint density at radius 3 is 2.70 bits per heavy atom. The summed E-state index contributed by atoms with van der Waals surface area (Å²) in [6, 6.07) is 15.2. The summed E-state index contributed by atoms with van der Waals surface area (Å²) in [5, 5.41) is 3.40. The highest BCUT2D eigenvalue weighted by Gasteiger charge is 2.08. The molecule has 0 spiro atoms. The number of hydrogen-bond donors (Lipinski definition) is 3. The molecular weight excluding hydrogens is 360 g/mol. The Bertz CT molecular complexity index is 1040. The third-order valence-corrected chi connectivity index (χ3v) is 4.50. The molecule has 3 N–H and O–H groups in total. The van der Waals surface area contributed by atoms with Crippen LogP contribution in [0.2, 0.25) is 0 Å². The number of aromatic amines is 2. The number of nitrogens with one attached hydrogen (secondary N) is 3. The van der Waals surface area contributed by atoms with Crippen LogP contribution in [0.3, 0.4) is 0 Å². The zero-order valence-electron chi connectivity index (χ0n) is 15.1. The van der Waals surface area contributed by atoms with E-state index in [1.165, 1.54) is 5.56 Å². The number of carbonyl (C=O) groups is 1. The highest BCUT2D eigenvalue weighted by atomic mass is 32.1. The lowest BCUT2D eigenvalue weighted by molar-refractivity contribution is 0.0952. The molecule has 3 aromatic rings. The summed E-state index contributed by atoms with van der Waals surface area (Å²) < 4.78 is 0.242. The normalized spacial score (nSPS) is 11.0. The van der Waals surface area contributed by atoms with E-state index in [2.05, 4.69) is 39.4 Å². The first-order valence-electron chi connectivity index (χ1n) is 8.80. The summed E-state index contributed by atoms with van der Waals surface area (Å²) in [6.45, 7) is 2.35. The minimum atomic E-state index is -0.262. The Morgan fingerprint density at radius 2 is 1.93 bits per heavy atom. The second-order valence-corrected chi connectivity index (χ2v) is 6.91. The molecule has 0 aliphatic carbocycles. The van der Waals surface area contributed by atoms with Crippen molar-refractivity contribution in [2.75, 3.05) is 20.1 Å². The second-order valence-electron chi connectivity index (χ2n) is 6.50. The van der Waals surface area contributed by atoms with Gasteiger partial charge in [0.25, 0.3) is 11.5 Å². The van der Waals surface area contributed by atoms with Crippen molar-refractivity contribution < 1.29 is 4.79 Å². The lowest BCUT2D eigenvalue weighted by Gasteiger charge is -2.16. The zero-order chi connectivity index (χ0) is 19.2. The minimum absolute atomic E-state index is 0.165. The van der Waals surface area contributed by atoms with E-state index in [9.17, 15) is 9.59 Å². The van der Waals surface area contributed by atoms with Crippen molar-refractivity contribution >= 4 is 29.0 Å². The first kappa shape index (κ1) is 19.0. The maximum Gasteiger partial charge on any atom is 0.259 e. The number of amides is 1. The van der Waals surface area contributed by atoms with Crippen LogP contribution >= 0.6 is 12.2 Å². The van der Waals surface area contributed by atoms with Gasteiger partial charge in [-0.25, -0.2) is 0 Å². The van der Waals surface area contributed by atoms with Crippen LogP contribution < -0.4 is 10.9 Å². The van der Waals surface area contributed by atoms with Gasteiger partial charge in [0.15, 0.2) is 4.77 Å². The third-order valence-electron chi connectivity index (χ3n) is 4.30. The highest BCUT2D eigenvalue weighted by molar-refractivity contribution is 7.71. The number of H-pyrrole nitrogens is 2. The Kier molecular flexibility index (Phi) is 6.16. The molecule has 140 valence electrons. The van der Waals surface area contributed by atoms with Crippen molar-refractivity contribution in [1.82, 2.24) is 20.2 Å². The fourth-order valence-electron chi connectivity index (χ4n) is 2.94. The summed E-state index contributed by atoms with van der Waals surface area (Å²) in [6.07, 6.45) is 0.852. The molecular formula is C20H22N4O2S. The van der Waals surface area contributed by atoms with Crippen LogP contribution in [-0.2, 0) is 6.54 Å². The van der Waals surface area contributed by atoms with Gasteiger partial charge < -0.3 is 15.2 Å². The number of fused-ring (bicyclic) bond motifs is 1. The standard InChI is InChI=1S/C20H22N4O2S/c1-24(13-14-6-3-2-4-7-14)11-5-10-21-18(25)15-8-9-16-17(12-15)22-20(27)23-19(16)26/h2-4,6-9,12H,5,10-11,13H2,1H3,(H,21,25)(H2,22,23,26,27). The largest absolute Gasteiger partial charge is 0.352 e. The summed E-state index contributed by atoms with van der Waals surface area (Å²) in [5.41, 5.74) is 2.06. The molecule has 7 heteroatoms. The van der Waals surface area contributed by atoms with Gasteiger partial charge in [-0.15, -0.1) is 0 Å². The lowest BCUT2D eigenvalue weighted by atomic mass is 10.1. The Labute approximate surface area is 162 Å². The molecule has 0 atom stereocenters. The molecule has 0 aliphatic heterocycles. The van der Waals surface area contributed by atoms with Crippen molar-refractivity contribution in [3.05, 3.63) is 74.8 Å². The van der Waals surface area contributed by atoms with Crippen molar-refractivity contribution in [2.24, 2.45) is 0 Å². The van der Waals surface area contributed by atoms with Gasteiger partial charge in [0.2, 0.25) is 0 Å². The molecule has 0 saturated carbocycles. The molecule has 0 unspecified atom stereocenters. The molecule has 27 heavy (non-hydrogen) atoms. The van der Waals surface area contributed by atoms with Crippen LogP contribution in [0.5, 0.6) is 0 Å². The molecule has 1 amide bonds. The average Bonchev–Trinajstić information content (AvgIpc) is 2.65. The topological polar surface area (TPSA) is 81.0 Å². The predicted molar refractivity (Wildman–Crippen MR) is 109 cm³/mol. The Balaban J connectivity index is 1.51. The van der Waals surface area contributed by atoms with Crippen molar-refractivity contribution in [3.8, 4) is 0 Å². The first-order chi connectivity index (χ1) is 13.0. The molecule has 0 radical (unpaired) electrons. The summed E-state index contributed by atoms with van der Waals surface area (Å²) in [5.74, 6) is -0.165. The van der Waals surface area contributed by atoms with Crippen LogP contribution in [0.1, 0.15) is 22.3 Å². The predicted octanol–water partition coefficient (Wildman–Crippen LogP) is 2.84. The SMILES string of the molecule is CN(CCCNC(=O)c1ccc2c(=O)[nH]c(=S)[nH]c2c1)Cc1ccccc1. The molecule has 1 aromatic heterocycles. The van der Waals surface area contributed by atoms with Gasteiger partial charge in [-0.05, 0) is 56.0 Å². The van der Waals surface area contributed by atoms with Gasteiger partial charge in [0.1, 0.15) is 0 Å². The van der Waals surface area contributed by atoms with E-state index in [1.54, 1.807) is 18.2 Å². The summed E-state index contributed by atoms with van der Waals surface area (Å²) in [7, 11) is 2.07. The minimum Gasteiger partial charge on any atom is -0.352 e. The molecule has 3 rings (SSSR count). The molecule has 6 nitrogen and oxygen atoms in total. The van der Waals surface area contributed by atoms with Crippen molar-refractivity contribution in [2.45, 2.75) is 13.0 Å².